The van der Waals surface area contributed by atoms with E-state index in [1.54, 1.807) is 0 Å². The zero-order valence-corrected chi connectivity index (χ0v) is 10.2. The van der Waals surface area contributed by atoms with E-state index in [1.807, 2.05) is 6.08 Å². The van der Waals surface area contributed by atoms with E-state index >= 15 is 0 Å². The summed E-state index contributed by atoms with van der Waals surface area (Å²) in [5.74, 6) is 0.341. The van der Waals surface area contributed by atoms with E-state index in [1.165, 1.54) is 0 Å². The highest BCUT2D eigenvalue weighted by molar-refractivity contribution is 4.78. The minimum atomic E-state index is -0.121. The van der Waals surface area contributed by atoms with Crippen LogP contribution in [0.4, 0.5) is 0 Å². The van der Waals surface area contributed by atoms with Crippen molar-refractivity contribution in [2.75, 3.05) is 13.2 Å². The third-order valence-corrected chi connectivity index (χ3v) is 3.16. The first-order chi connectivity index (χ1) is 7.81. The van der Waals surface area contributed by atoms with Crippen LogP contribution in [0.3, 0.4) is 0 Å². The maximum atomic E-state index is 9.37. The summed E-state index contributed by atoms with van der Waals surface area (Å²) in [4.78, 5) is 0. The molecule has 1 saturated heterocycles. The van der Waals surface area contributed by atoms with Crippen molar-refractivity contribution in [3.63, 3.8) is 0 Å². The second-order valence-corrected chi connectivity index (χ2v) is 4.35. The van der Waals surface area contributed by atoms with Crippen LogP contribution in [-0.2, 0) is 9.47 Å². The molecule has 1 N–H and O–H groups in total. The molecule has 1 aliphatic heterocycles. The number of aliphatic hydroxyl groups excluding tert-OH is 1. The Morgan fingerprint density at radius 3 is 2.88 bits per heavy atom. The average molecular weight is 228 g/mol. The molecule has 3 atom stereocenters. The van der Waals surface area contributed by atoms with Crippen molar-refractivity contribution >= 4 is 0 Å². The van der Waals surface area contributed by atoms with Gasteiger partial charge in [-0.2, -0.15) is 0 Å². The monoisotopic (exact) mass is 228 g/mol. The Balaban J connectivity index is 2.41. The molecule has 0 aliphatic carbocycles. The van der Waals surface area contributed by atoms with E-state index < -0.39 is 0 Å². The summed E-state index contributed by atoms with van der Waals surface area (Å²) >= 11 is 0. The molecule has 0 aromatic rings. The van der Waals surface area contributed by atoms with Crippen molar-refractivity contribution in [1.82, 2.24) is 0 Å². The number of allylic oxidation sites excluding steroid dienone is 1. The van der Waals surface area contributed by atoms with Gasteiger partial charge >= 0.3 is 0 Å². The van der Waals surface area contributed by atoms with Crippen LogP contribution in [0.1, 0.15) is 39.0 Å². The van der Waals surface area contributed by atoms with Gasteiger partial charge in [0, 0.05) is 6.61 Å². The third kappa shape index (κ3) is 4.24. The molecule has 1 fully saturated rings. The quantitative estimate of drug-likeness (QED) is 0.680. The number of hydrogen-bond donors (Lipinski definition) is 1. The van der Waals surface area contributed by atoms with Crippen molar-refractivity contribution in [3.8, 4) is 0 Å². The van der Waals surface area contributed by atoms with Gasteiger partial charge in [-0.1, -0.05) is 19.4 Å². The van der Waals surface area contributed by atoms with Crippen LogP contribution in [0, 0.1) is 5.92 Å². The molecule has 0 bridgehead atoms. The second-order valence-electron chi connectivity index (χ2n) is 4.35. The Labute approximate surface area is 98.4 Å². The Kier molecular flexibility index (Phi) is 6.69. The van der Waals surface area contributed by atoms with E-state index in [9.17, 15) is 5.11 Å². The average Bonchev–Trinajstić information content (AvgIpc) is 2.35. The summed E-state index contributed by atoms with van der Waals surface area (Å²) in [5, 5.41) is 9.37. The predicted octanol–water partition coefficient (Wildman–Crippen LogP) is 2.49. The van der Waals surface area contributed by atoms with Gasteiger partial charge in [0.2, 0.25) is 0 Å². The minimum absolute atomic E-state index is 0.0617. The van der Waals surface area contributed by atoms with E-state index in [0.29, 0.717) is 5.92 Å². The van der Waals surface area contributed by atoms with Crippen molar-refractivity contribution in [3.05, 3.63) is 12.7 Å². The van der Waals surface area contributed by atoms with Gasteiger partial charge in [-0.3, -0.25) is 0 Å². The topological polar surface area (TPSA) is 38.7 Å². The zero-order chi connectivity index (χ0) is 11.8. The molecule has 16 heavy (non-hydrogen) atoms. The molecule has 1 heterocycles. The van der Waals surface area contributed by atoms with Gasteiger partial charge < -0.3 is 14.6 Å². The minimum Gasteiger partial charge on any atom is -0.394 e. The Morgan fingerprint density at radius 2 is 2.38 bits per heavy atom. The fraction of sp³-hybridized carbons (Fsp3) is 0.846. The molecular formula is C13H24O3. The lowest BCUT2D eigenvalue weighted by atomic mass is 9.96. The van der Waals surface area contributed by atoms with Gasteiger partial charge in [0.15, 0.2) is 6.29 Å². The highest BCUT2D eigenvalue weighted by Crippen LogP contribution is 2.22. The molecule has 3 nitrogen and oxygen atoms in total. The van der Waals surface area contributed by atoms with Gasteiger partial charge in [-0.05, 0) is 31.6 Å². The summed E-state index contributed by atoms with van der Waals surface area (Å²) in [6.45, 7) is 6.70. The van der Waals surface area contributed by atoms with Gasteiger partial charge in [0.25, 0.3) is 0 Å². The van der Waals surface area contributed by atoms with Gasteiger partial charge in [0.05, 0.1) is 12.7 Å². The van der Waals surface area contributed by atoms with Crippen molar-refractivity contribution in [2.45, 2.75) is 51.4 Å². The van der Waals surface area contributed by atoms with E-state index in [-0.39, 0.29) is 19.0 Å². The molecule has 94 valence electrons. The summed E-state index contributed by atoms with van der Waals surface area (Å²) < 4.78 is 11.4. The van der Waals surface area contributed by atoms with Crippen LogP contribution < -0.4 is 0 Å². The predicted molar refractivity (Wildman–Crippen MR) is 64.1 cm³/mol. The molecule has 0 aromatic heterocycles. The smallest absolute Gasteiger partial charge is 0.158 e. The lowest BCUT2D eigenvalue weighted by Gasteiger charge is -2.30. The highest BCUT2D eigenvalue weighted by Gasteiger charge is 2.24. The first kappa shape index (κ1) is 13.7. The van der Waals surface area contributed by atoms with E-state index in [2.05, 4.69) is 13.5 Å². The van der Waals surface area contributed by atoms with Gasteiger partial charge in [-0.15, -0.1) is 6.58 Å². The lowest BCUT2D eigenvalue weighted by Crippen LogP contribution is -2.34. The summed E-state index contributed by atoms with van der Waals surface area (Å²) in [7, 11) is 0. The molecule has 0 radical (unpaired) electrons. The SMILES string of the molecule is C=CC[C@@H](CC)[C@@H](CO)OC1CCCCO1. The van der Waals surface area contributed by atoms with Crippen molar-refractivity contribution in [2.24, 2.45) is 5.92 Å². The van der Waals surface area contributed by atoms with E-state index in [0.717, 1.165) is 38.7 Å². The fourth-order valence-electron chi connectivity index (χ4n) is 2.11. The second kappa shape index (κ2) is 7.82. The molecule has 0 spiro atoms. The van der Waals surface area contributed by atoms with Crippen LogP contribution in [0.2, 0.25) is 0 Å². The largest absolute Gasteiger partial charge is 0.394 e. The summed E-state index contributed by atoms with van der Waals surface area (Å²) in [6.07, 6.45) is 6.74. The number of aliphatic hydroxyl groups is 1. The van der Waals surface area contributed by atoms with Crippen LogP contribution in [0.15, 0.2) is 12.7 Å². The van der Waals surface area contributed by atoms with Crippen molar-refractivity contribution in [1.29, 1.82) is 0 Å². The maximum Gasteiger partial charge on any atom is 0.158 e. The molecule has 3 heteroatoms. The zero-order valence-electron chi connectivity index (χ0n) is 10.2. The van der Waals surface area contributed by atoms with Crippen LogP contribution >= 0.6 is 0 Å². The van der Waals surface area contributed by atoms with E-state index in [4.69, 9.17) is 9.47 Å². The molecule has 1 aliphatic rings. The summed E-state index contributed by atoms with van der Waals surface area (Å²) in [6, 6.07) is 0. The molecular weight excluding hydrogens is 204 g/mol. The third-order valence-electron chi connectivity index (χ3n) is 3.16. The van der Waals surface area contributed by atoms with Gasteiger partial charge in [0.1, 0.15) is 0 Å². The van der Waals surface area contributed by atoms with Gasteiger partial charge in [-0.25, -0.2) is 0 Å². The molecule has 0 aromatic carbocycles. The first-order valence-electron chi connectivity index (χ1n) is 6.30. The Hall–Kier alpha value is -0.380. The fourth-order valence-corrected chi connectivity index (χ4v) is 2.11. The molecule has 1 rings (SSSR count). The molecule has 1 unspecified atom stereocenters. The highest BCUT2D eigenvalue weighted by atomic mass is 16.7. The normalized spacial score (nSPS) is 25.0. The lowest BCUT2D eigenvalue weighted by molar-refractivity contribution is -0.205. The number of ether oxygens (including phenoxy) is 2. The van der Waals surface area contributed by atoms with Crippen molar-refractivity contribution < 1.29 is 14.6 Å². The maximum absolute atomic E-state index is 9.37. The Morgan fingerprint density at radius 1 is 1.56 bits per heavy atom. The van der Waals surface area contributed by atoms with Crippen LogP contribution in [0.25, 0.3) is 0 Å². The molecule has 0 saturated carbocycles. The van der Waals surface area contributed by atoms with Crippen LogP contribution in [0.5, 0.6) is 0 Å². The Bertz CT molecular complexity index is 188. The number of hydrogen-bond acceptors (Lipinski definition) is 3. The standard InChI is InChI=1S/C13H24O3/c1-3-7-11(4-2)12(10-14)16-13-8-5-6-9-15-13/h3,11-14H,1,4-10H2,2H3/t11-,12-,13?/m1/s1. The first-order valence-corrected chi connectivity index (χ1v) is 6.30. The molecule has 0 amide bonds. The summed E-state index contributed by atoms with van der Waals surface area (Å²) in [5.41, 5.74) is 0. The van der Waals surface area contributed by atoms with Crippen LogP contribution in [-0.4, -0.2) is 30.7 Å². The number of rotatable bonds is 7.